The van der Waals surface area contributed by atoms with Gasteiger partial charge in [0.15, 0.2) is 11.5 Å². The van der Waals surface area contributed by atoms with Crippen molar-refractivity contribution < 1.29 is 18.6 Å². The van der Waals surface area contributed by atoms with Gasteiger partial charge in [-0.2, -0.15) is 0 Å². The molecule has 152 valence electrons. The Hall–Kier alpha value is -3.20. The first kappa shape index (κ1) is 19.1. The van der Waals surface area contributed by atoms with Gasteiger partial charge in [-0.1, -0.05) is 0 Å². The van der Waals surface area contributed by atoms with E-state index >= 15 is 0 Å². The van der Waals surface area contributed by atoms with Crippen molar-refractivity contribution in [3.63, 3.8) is 0 Å². The first-order valence-electron chi connectivity index (χ1n) is 9.36. The highest BCUT2D eigenvalue weighted by Crippen LogP contribution is 2.40. The van der Waals surface area contributed by atoms with E-state index in [4.69, 9.17) is 18.6 Å². The number of nitrogens with zero attached hydrogens (tertiary/aromatic N) is 5. The lowest BCUT2D eigenvalue weighted by Crippen LogP contribution is -2.23. The van der Waals surface area contributed by atoms with Crippen molar-refractivity contribution in [2.45, 2.75) is 25.4 Å². The van der Waals surface area contributed by atoms with E-state index in [2.05, 4.69) is 25.1 Å². The number of likely N-dealkylation sites (tertiary alicyclic amines) is 1. The quantitative estimate of drug-likeness (QED) is 0.596. The van der Waals surface area contributed by atoms with E-state index < -0.39 is 0 Å². The summed E-state index contributed by atoms with van der Waals surface area (Å²) in [5, 5.41) is 8.41. The molecule has 2 aromatic heterocycles. The van der Waals surface area contributed by atoms with E-state index in [1.807, 2.05) is 12.1 Å². The van der Waals surface area contributed by atoms with Crippen molar-refractivity contribution in [1.82, 2.24) is 25.1 Å². The Morgan fingerprint density at radius 3 is 2.52 bits per heavy atom. The Balaban J connectivity index is 1.56. The van der Waals surface area contributed by atoms with Crippen molar-refractivity contribution in [1.29, 1.82) is 0 Å². The second-order valence-corrected chi connectivity index (χ2v) is 6.70. The fraction of sp³-hybridized carbons (Fsp3) is 0.400. The molecular formula is C20H23N5O4. The van der Waals surface area contributed by atoms with Crippen LogP contribution in [-0.2, 0) is 6.54 Å². The number of aromatic nitrogens is 4. The zero-order valence-corrected chi connectivity index (χ0v) is 16.7. The summed E-state index contributed by atoms with van der Waals surface area (Å²) < 4.78 is 22.3. The topological polar surface area (TPSA) is 95.6 Å². The molecule has 29 heavy (non-hydrogen) atoms. The highest BCUT2D eigenvalue weighted by atomic mass is 16.5. The third kappa shape index (κ3) is 3.86. The number of benzene rings is 1. The summed E-state index contributed by atoms with van der Waals surface area (Å²) in [6.07, 6.45) is 6.83. The molecule has 1 aromatic carbocycles. The molecule has 0 amide bonds. The van der Waals surface area contributed by atoms with Gasteiger partial charge in [-0.3, -0.25) is 9.88 Å². The van der Waals surface area contributed by atoms with Crippen molar-refractivity contribution in [2.24, 2.45) is 0 Å². The van der Waals surface area contributed by atoms with Gasteiger partial charge in [-0.05, 0) is 37.1 Å². The maximum absolute atomic E-state index is 5.91. The third-order valence-corrected chi connectivity index (χ3v) is 4.98. The average Bonchev–Trinajstić information content (AvgIpc) is 3.43. The predicted octanol–water partition coefficient (Wildman–Crippen LogP) is 2.89. The van der Waals surface area contributed by atoms with Gasteiger partial charge >= 0.3 is 0 Å². The molecule has 9 nitrogen and oxygen atoms in total. The van der Waals surface area contributed by atoms with E-state index in [9.17, 15) is 0 Å². The Labute approximate surface area is 168 Å². The van der Waals surface area contributed by atoms with Crippen LogP contribution in [0.5, 0.6) is 17.2 Å². The molecule has 9 heteroatoms. The van der Waals surface area contributed by atoms with Gasteiger partial charge in [-0.25, -0.2) is 4.98 Å². The zero-order valence-electron chi connectivity index (χ0n) is 16.7. The lowest BCUT2D eigenvalue weighted by atomic mass is 10.1. The van der Waals surface area contributed by atoms with Gasteiger partial charge in [0.1, 0.15) is 5.69 Å². The normalized spacial score (nSPS) is 16.7. The predicted molar refractivity (Wildman–Crippen MR) is 104 cm³/mol. The first-order chi connectivity index (χ1) is 14.2. The number of hydrogen-bond acceptors (Lipinski definition) is 9. The smallest absolute Gasteiger partial charge is 0.267 e. The van der Waals surface area contributed by atoms with Crippen molar-refractivity contribution in [3.8, 4) is 28.8 Å². The minimum absolute atomic E-state index is 0.0482. The monoisotopic (exact) mass is 397 g/mol. The Kier molecular flexibility index (Phi) is 5.57. The van der Waals surface area contributed by atoms with Crippen LogP contribution in [0.1, 0.15) is 30.3 Å². The zero-order chi connectivity index (χ0) is 20.2. The molecule has 1 fully saturated rings. The number of hydrogen-bond donors (Lipinski definition) is 0. The van der Waals surface area contributed by atoms with Gasteiger partial charge in [0, 0.05) is 18.9 Å². The third-order valence-electron chi connectivity index (χ3n) is 4.98. The average molecular weight is 397 g/mol. The maximum atomic E-state index is 5.91. The van der Waals surface area contributed by atoms with Crippen LogP contribution < -0.4 is 14.2 Å². The molecular weight excluding hydrogens is 374 g/mol. The molecule has 1 aliphatic rings. The van der Waals surface area contributed by atoms with Crippen LogP contribution >= 0.6 is 0 Å². The van der Waals surface area contributed by atoms with Crippen LogP contribution in [0.3, 0.4) is 0 Å². The van der Waals surface area contributed by atoms with Crippen molar-refractivity contribution in [3.05, 3.63) is 42.2 Å². The Morgan fingerprint density at radius 1 is 1.07 bits per heavy atom. The van der Waals surface area contributed by atoms with Crippen LogP contribution in [0.15, 0.2) is 35.1 Å². The first-order valence-corrected chi connectivity index (χ1v) is 9.36. The van der Waals surface area contributed by atoms with Crippen LogP contribution in [0.2, 0.25) is 0 Å². The van der Waals surface area contributed by atoms with Crippen LogP contribution in [-0.4, -0.2) is 52.9 Å². The largest absolute Gasteiger partial charge is 0.493 e. The molecule has 3 aromatic rings. The fourth-order valence-electron chi connectivity index (χ4n) is 3.64. The van der Waals surface area contributed by atoms with Gasteiger partial charge in [0.25, 0.3) is 5.89 Å². The molecule has 4 rings (SSSR count). The summed E-state index contributed by atoms with van der Waals surface area (Å²) in [4.78, 5) is 10.6. The molecule has 0 N–H and O–H groups in total. The van der Waals surface area contributed by atoms with Gasteiger partial charge in [-0.15, -0.1) is 10.2 Å². The molecule has 3 heterocycles. The Bertz CT molecular complexity index is 938. The molecule has 0 bridgehead atoms. The van der Waals surface area contributed by atoms with E-state index in [1.54, 1.807) is 39.9 Å². The Morgan fingerprint density at radius 2 is 1.86 bits per heavy atom. The summed E-state index contributed by atoms with van der Waals surface area (Å²) >= 11 is 0. The van der Waals surface area contributed by atoms with Crippen LogP contribution in [0.4, 0.5) is 0 Å². The van der Waals surface area contributed by atoms with Crippen LogP contribution in [0.25, 0.3) is 11.6 Å². The van der Waals surface area contributed by atoms with E-state index in [0.29, 0.717) is 41.3 Å². The second-order valence-electron chi connectivity index (χ2n) is 6.70. The van der Waals surface area contributed by atoms with Gasteiger partial charge < -0.3 is 18.6 Å². The minimum Gasteiger partial charge on any atom is -0.493 e. The molecule has 1 atom stereocenters. The SMILES string of the molecule is COc1cc(CN2CCCC2c2nnc(-c3cnccn3)o2)cc(OC)c1OC. The molecule has 1 aliphatic heterocycles. The minimum atomic E-state index is 0.0482. The van der Waals surface area contributed by atoms with Gasteiger partial charge in [0.2, 0.25) is 11.6 Å². The standard InChI is InChI=1S/C20H23N5O4/c1-26-16-9-13(10-17(27-2)18(16)28-3)12-25-8-4-5-15(25)20-24-23-19(29-20)14-11-21-6-7-22-14/h6-7,9-11,15H,4-5,8,12H2,1-3H3. The summed E-state index contributed by atoms with van der Waals surface area (Å²) in [6.45, 7) is 1.63. The summed E-state index contributed by atoms with van der Waals surface area (Å²) in [7, 11) is 4.83. The highest BCUT2D eigenvalue weighted by Gasteiger charge is 2.31. The molecule has 0 radical (unpaired) electrons. The highest BCUT2D eigenvalue weighted by molar-refractivity contribution is 5.53. The summed E-state index contributed by atoms with van der Waals surface area (Å²) in [5.74, 6) is 2.84. The number of methoxy groups -OCH3 is 3. The number of ether oxygens (including phenoxy) is 3. The lowest BCUT2D eigenvalue weighted by molar-refractivity contribution is 0.215. The maximum Gasteiger partial charge on any atom is 0.267 e. The lowest BCUT2D eigenvalue weighted by Gasteiger charge is -2.22. The van der Waals surface area contributed by atoms with Crippen molar-refractivity contribution in [2.75, 3.05) is 27.9 Å². The van der Waals surface area contributed by atoms with E-state index in [0.717, 1.165) is 24.9 Å². The van der Waals surface area contributed by atoms with E-state index in [1.165, 1.54) is 0 Å². The van der Waals surface area contributed by atoms with Gasteiger partial charge in [0.05, 0.1) is 33.6 Å². The summed E-state index contributed by atoms with van der Waals surface area (Å²) in [6, 6.07) is 3.98. The van der Waals surface area contributed by atoms with Crippen LogP contribution in [0, 0.1) is 0 Å². The van der Waals surface area contributed by atoms with E-state index in [-0.39, 0.29) is 6.04 Å². The second kappa shape index (κ2) is 8.44. The summed E-state index contributed by atoms with van der Waals surface area (Å²) in [5.41, 5.74) is 1.63. The molecule has 0 aliphatic carbocycles. The molecule has 0 saturated carbocycles. The fourth-order valence-corrected chi connectivity index (χ4v) is 3.64. The van der Waals surface area contributed by atoms with Crippen molar-refractivity contribution >= 4 is 0 Å². The molecule has 1 saturated heterocycles. The number of rotatable bonds is 7. The molecule has 0 spiro atoms. The molecule has 1 unspecified atom stereocenters.